The van der Waals surface area contributed by atoms with Gasteiger partial charge in [0.15, 0.2) is 0 Å². The van der Waals surface area contributed by atoms with Crippen molar-refractivity contribution in [3.63, 3.8) is 0 Å². The molecule has 2 aliphatic rings. The smallest absolute Gasteiger partial charge is 0.0739 e. The second-order valence-corrected chi connectivity index (χ2v) is 5.97. The fourth-order valence-electron chi connectivity index (χ4n) is 3.03. The molecular weight excluding hydrogens is 234 g/mol. The molecule has 2 saturated carbocycles. The lowest BCUT2D eigenvalue weighted by Gasteiger charge is -2.33. The van der Waals surface area contributed by atoms with E-state index in [1.807, 2.05) is 0 Å². The van der Waals surface area contributed by atoms with Gasteiger partial charge in [-0.05, 0) is 49.5 Å². The predicted molar refractivity (Wildman–Crippen MR) is 74.6 cm³/mol. The maximum absolute atomic E-state index is 9.27. The molecule has 0 aliphatic heterocycles. The van der Waals surface area contributed by atoms with Crippen LogP contribution in [0.2, 0.25) is 0 Å². The molecule has 1 aromatic rings. The second-order valence-electron chi connectivity index (χ2n) is 5.97. The summed E-state index contributed by atoms with van der Waals surface area (Å²) in [6.45, 7) is 0.865. The van der Waals surface area contributed by atoms with Crippen LogP contribution in [0.1, 0.15) is 43.6 Å². The van der Waals surface area contributed by atoms with Crippen LogP contribution in [-0.4, -0.2) is 12.7 Å². The molecule has 19 heavy (non-hydrogen) atoms. The third kappa shape index (κ3) is 3.16. The molecule has 2 nitrogen and oxygen atoms in total. The van der Waals surface area contributed by atoms with E-state index in [0.29, 0.717) is 5.92 Å². The van der Waals surface area contributed by atoms with Crippen LogP contribution in [0.15, 0.2) is 30.3 Å². The SMILES string of the molecule is N#CC1CCC(c2ccccc2)CC1OCC1CC1. The van der Waals surface area contributed by atoms with Crippen molar-refractivity contribution in [2.75, 3.05) is 6.61 Å². The summed E-state index contributed by atoms with van der Waals surface area (Å²) in [5.74, 6) is 1.44. The van der Waals surface area contributed by atoms with Gasteiger partial charge >= 0.3 is 0 Å². The van der Waals surface area contributed by atoms with Gasteiger partial charge < -0.3 is 4.74 Å². The van der Waals surface area contributed by atoms with Crippen LogP contribution < -0.4 is 0 Å². The van der Waals surface area contributed by atoms with Gasteiger partial charge in [0, 0.05) is 6.61 Å². The normalized spacial score (nSPS) is 30.8. The topological polar surface area (TPSA) is 33.0 Å². The van der Waals surface area contributed by atoms with E-state index in [1.54, 1.807) is 0 Å². The van der Waals surface area contributed by atoms with Crippen molar-refractivity contribution < 1.29 is 4.74 Å². The van der Waals surface area contributed by atoms with Crippen LogP contribution in [0.5, 0.6) is 0 Å². The highest BCUT2D eigenvalue weighted by atomic mass is 16.5. The van der Waals surface area contributed by atoms with Crippen LogP contribution >= 0.6 is 0 Å². The van der Waals surface area contributed by atoms with E-state index in [1.165, 1.54) is 18.4 Å². The average Bonchev–Trinajstić information content (AvgIpc) is 3.30. The molecule has 2 heteroatoms. The summed E-state index contributed by atoms with van der Waals surface area (Å²) in [5.41, 5.74) is 1.40. The highest BCUT2D eigenvalue weighted by Crippen LogP contribution is 2.38. The van der Waals surface area contributed by atoms with Gasteiger partial charge in [0.25, 0.3) is 0 Å². The first-order valence-electron chi connectivity index (χ1n) is 7.43. The third-order valence-electron chi connectivity index (χ3n) is 4.47. The summed E-state index contributed by atoms with van der Waals surface area (Å²) in [7, 11) is 0. The quantitative estimate of drug-likeness (QED) is 0.817. The maximum atomic E-state index is 9.27. The summed E-state index contributed by atoms with van der Waals surface area (Å²) in [5, 5.41) is 9.27. The van der Waals surface area contributed by atoms with E-state index in [2.05, 4.69) is 36.4 Å². The summed E-state index contributed by atoms with van der Waals surface area (Å²) in [6.07, 6.45) is 5.87. The molecule has 3 unspecified atom stereocenters. The van der Waals surface area contributed by atoms with Crippen molar-refractivity contribution in [3.8, 4) is 6.07 Å². The lowest BCUT2D eigenvalue weighted by Crippen LogP contribution is -2.31. The lowest BCUT2D eigenvalue weighted by atomic mass is 9.77. The molecule has 0 heterocycles. The van der Waals surface area contributed by atoms with E-state index in [9.17, 15) is 5.26 Å². The van der Waals surface area contributed by atoms with Crippen molar-refractivity contribution in [3.05, 3.63) is 35.9 Å². The molecule has 0 radical (unpaired) electrons. The molecule has 2 fully saturated rings. The molecule has 0 bridgehead atoms. The molecule has 3 atom stereocenters. The molecule has 0 amide bonds. The highest BCUT2D eigenvalue weighted by Gasteiger charge is 2.33. The van der Waals surface area contributed by atoms with E-state index in [-0.39, 0.29) is 12.0 Å². The zero-order chi connectivity index (χ0) is 13.1. The van der Waals surface area contributed by atoms with E-state index in [4.69, 9.17) is 4.74 Å². The van der Waals surface area contributed by atoms with Crippen molar-refractivity contribution in [1.82, 2.24) is 0 Å². The molecule has 0 aromatic heterocycles. The Morgan fingerprint density at radius 3 is 2.58 bits per heavy atom. The Kier molecular flexibility index (Phi) is 3.84. The lowest BCUT2D eigenvalue weighted by molar-refractivity contribution is -0.00507. The van der Waals surface area contributed by atoms with Gasteiger partial charge in [0.05, 0.1) is 18.1 Å². The van der Waals surface area contributed by atoms with Crippen LogP contribution in [0.25, 0.3) is 0 Å². The maximum Gasteiger partial charge on any atom is 0.0739 e. The van der Waals surface area contributed by atoms with Gasteiger partial charge in [-0.25, -0.2) is 0 Å². The van der Waals surface area contributed by atoms with E-state index in [0.717, 1.165) is 31.8 Å². The zero-order valence-corrected chi connectivity index (χ0v) is 11.3. The minimum absolute atomic E-state index is 0.0960. The Morgan fingerprint density at radius 1 is 1.11 bits per heavy atom. The van der Waals surface area contributed by atoms with Crippen LogP contribution in [0.4, 0.5) is 0 Å². The Bertz CT molecular complexity index is 446. The summed E-state index contributed by atoms with van der Waals surface area (Å²) < 4.78 is 6.04. The molecule has 0 saturated heterocycles. The molecular formula is C17H21NO. The first-order valence-corrected chi connectivity index (χ1v) is 7.43. The van der Waals surface area contributed by atoms with Gasteiger partial charge in [0.2, 0.25) is 0 Å². The van der Waals surface area contributed by atoms with Crippen molar-refractivity contribution in [2.45, 2.75) is 44.1 Å². The number of nitrogens with zero attached hydrogens (tertiary/aromatic N) is 1. The summed E-state index contributed by atoms with van der Waals surface area (Å²) in [4.78, 5) is 0. The average molecular weight is 255 g/mol. The first-order chi connectivity index (χ1) is 9.36. The van der Waals surface area contributed by atoms with Crippen LogP contribution in [0, 0.1) is 23.2 Å². The first kappa shape index (κ1) is 12.7. The number of nitriles is 1. The molecule has 2 aliphatic carbocycles. The zero-order valence-electron chi connectivity index (χ0n) is 11.3. The van der Waals surface area contributed by atoms with Gasteiger partial charge in [-0.2, -0.15) is 5.26 Å². The van der Waals surface area contributed by atoms with Gasteiger partial charge in [0.1, 0.15) is 0 Å². The molecule has 0 spiro atoms. The number of rotatable bonds is 4. The largest absolute Gasteiger partial charge is 0.377 e. The van der Waals surface area contributed by atoms with Gasteiger partial charge in [-0.1, -0.05) is 30.3 Å². The molecule has 100 valence electrons. The third-order valence-corrected chi connectivity index (χ3v) is 4.47. The predicted octanol–water partition coefficient (Wildman–Crippen LogP) is 3.89. The number of hydrogen-bond acceptors (Lipinski definition) is 2. The Morgan fingerprint density at radius 2 is 1.89 bits per heavy atom. The van der Waals surface area contributed by atoms with Crippen LogP contribution in [0.3, 0.4) is 0 Å². The summed E-state index contributed by atoms with van der Waals surface area (Å²) in [6, 6.07) is 13.1. The Hall–Kier alpha value is -1.33. The van der Waals surface area contributed by atoms with Gasteiger partial charge in [-0.15, -0.1) is 0 Å². The van der Waals surface area contributed by atoms with E-state index >= 15 is 0 Å². The second kappa shape index (κ2) is 5.75. The monoisotopic (exact) mass is 255 g/mol. The van der Waals surface area contributed by atoms with Crippen molar-refractivity contribution in [2.24, 2.45) is 11.8 Å². The molecule has 1 aromatic carbocycles. The molecule has 3 rings (SSSR count). The Balaban J connectivity index is 1.64. The van der Waals surface area contributed by atoms with Crippen LogP contribution in [-0.2, 0) is 4.74 Å². The number of hydrogen-bond donors (Lipinski definition) is 0. The minimum Gasteiger partial charge on any atom is -0.377 e. The van der Waals surface area contributed by atoms with Gasteiger partial charge in [-0.3, -0.25) is 0 Å². The van der Waals surface area contributed by atoms with Crippen molar-refractivity contribution >= 4 is 0 Å². The standard InChI is InChI=1S/C17H21NO/c18-11-16-9-8-15(14-4-2-1-3-5-14)10-17(16)19-12-13-6-7-13/h1-5,13,15-17H,6-10,12H2. The molecule has 0 N–H and O–H groups in total. The number of benzene rings is 1. The van der Waals surface area contributed by atoms with Crippen molar-refractivity contribution in [1.29, 1.82) is 5.26 Å². The minimum atomic E-state index is 0.0960. The number of ether oxygens (including phenoxy) is 1. The highest BCUT2D eigenvalue weighted by molar-refractivity contribution is 5.21. The fourth-order valence-corrected chi connectivity index (χ4v) is 3.03. The Labute approximate surface area is 115 Å². The fraction of sp³-hybridized carbons (Fsp3) is 0.588. The summed E-state index contributed by atoms with van der Waals surface area (Å²) >= 11 is 0. The van der Waals surface area contributed by atoms with E-state index < -0.39 is 0 Å².